The lowest BCUT2D eigenvalue weighted by Gasteiger charge is -2.30. The van der Waals surface area contributed by atoms with Crippen molar-refractivity contribution in [3.8, 4) is 0 Å². The molecule has 1 N–H and O–H groups in total. The maximum atomic E-state index is 12.8. The zero-order valence-corrected chi connectivity index (χ0v) is 12.8. The molecule has 0 amide bonds. The molecule has 0 bridgehead atoms. The molecule has 0 atom stereocenters. The molecule has 6 heteroatoms. The quantitative estimate of drug-likeness (QED) is 0.948. The number of sulfonamides is 1. The summed E-state index contributed by atoms with van der Waals surface area (Å²) >= 11 is 1.36. The zero-order chi connectivity index (χ0) is 14.2. The third kappa shape index (κ3) is 2.19. The summed E-state index contributed by atoms with van der Waals surface area (Å²) in [6, 6.07) is 11.1. The standard InChI is InChI=1S/C14H16N2O2S2/c1-2-11-7-8-14(19-11)20(17,18)16-10-9-15-12-5-3-4-6-13(12)16/h3-8,15H,2,9-10H2,1H3. The van der Waals surface area contributed by atoms with Gasteiger partial charge in [0.2, 0.25) is 0 Å². The number of hydrogen-bond donors (Lipinski definition) is 1. The second-order valence-electron chi connectivity index (χ2n) is 4.60. The van der Waals surface area contributed by atoms with Gasteiger partial charge in [0, 0.05) is 11.4 Å². The number of nitrogens with one attached hydrogen (secondary N) is 1. The van der Waals surface area contributed by atoms with Crippen molar-refractivity contribution < 1.29 is 8.42 Å². The number of benzene rings is 1. The lowest BCUT2D eigenvalue weighted by Crippen LogP contribution is -2.38. The van der Waals surface area contributed by atoms with Gasteiger partial charge in [0.1, 0.15) is 4.21 Å². The first-order chi connectivity index (χ1) is 9.63. The molecule has 20 heavy (non-hydrogen) atoms. The van der Waals surface area contributed by atoms with E-state index >= 15 is 0 Å². The molecule has 0 unspecified atom stereocenters. The maximum absolute atomic E-state index is 12.8. The van der Waals surface area contributed by atoms with E-state index < -0.39 is 10.0 Å². The van der Waals surface area contributed by atoms with Crippen LogP contribution in [-0.4, -0.2) is 21.5 Å². The van der Waals surface area contributed by atoms with Crippen LogP contribution >= 0.6 is 11.3 Å². The number of fused-ring (bicyclic) bond motifs is 1. The Bertz CT molecular complexity index is 722. The normalized spacial score (nSPS) is 14.8. The summed E-state index contributed by atoms with van der Waals surface area (Å²) in [5, 5.41) is 3.23. The van der Waals surface area contributed by atoms with Crippen molar-refractivity contribution in [1.82, 2.24) is 0 Å². The van der Waals surface area contributed by atoms with Gasteiger partial charge < -0.3 is 5.32 Å². The highest BCUT2D eigenvalue weighted by molar-refractivity contribution is 7.94. The van der Waals surface area contributed by atoms with Crippen LogP contribution in [0.4, 0.5) is 11.4 Å². The number of aryl methyl sites for hydroxylation is 1. The highest BCUT2D eigenvalue weighted by Gasteiger charge is 2.29. The van der Waals surface area contributed by atoms with Crippen LogP contribution in [0.2, 0.25) is 0 Å². The molecule has 0 saturated carbocycles. The average Bonchev–Trinajstić information content (AvgIpc) is 2.96. The van der Waals surface area contributed by atoms with E-state index in [-0.39, 0.29) is 0 Å². The van der Waals surface area contributed by atoms with E-state index in [9.17, 15) is 8.42 Å². The molecule has 1 aliphatic rings. The van der Waals surface area contributed by atoms with Crippen molar-refractivity contribution in [2.24, 2.45) is 0 Å². The first-order valence-corrected chi connectivity index (χ1v) is 8.83. The second kappa shape index (κ2) is 5.10. The van der Waals surface area contributed by atoms with Crippen LogP contribution in [0.15, 0.2) is 40.6 Å². The fourth-order valence-corrected chi connectivity index (χ4v) is 5.19. The van der Waals surface area contributed by atoms with E-state index in [1.165, 1.54) is 15.6 Å². The largest absolute Gasteiger partial charge is 0.382 e. The molecule has 4 nitrogen and oxygen atoms in total. The van der Waals surface area contributed by atoms with Crippen molar-refractivity contribution in [2.45, 2.75) is 17.6 Å². The summed E-state index contributed by atoms with van der Waals surface area (Å²) in [6.45, 7) is 3.11. The third-order valence-electron chi connectivity index (χ3n) is 3.33. The van der Waals surface area contributed by atoms with Crippen molar-refractivity contribution in [2.75, 3.05) is 22.7 Å². The van der Waals surface area contributed by atoms with Gasteiger partial charge in [-0.2, -0.15) is 0 Å². The summed E-state index contributed by atoms with van der Waals surface area (Å²) in [5.41, 5.74) is 1.60. The van der Waals surface area contributed by atoms with Crippen LogP contribution < -0.4 is 9.62 Å². The molecular formula is C14H16N2O2S2. The number of para-hydroxylation sites is 2. The Morgan fingerprint density at radius 3 is 2.80 bits per heavy atom. The molecule has 2 aromatic rings. The third-order valence-corrected chi connectivity index (χ3v) is 6.84. The van der Waals surface area contributed by atoms with Crippen molar-refractivity contribution in [3.63, 3.8) is 0 Å². The summed E-state index contributed by atoms with van der Waals surface area (Å²) in [7, 11) is -3.45. The van der Waals surface area contributed by atoms with Gasteiger partial charge in [-0.15, -0.1) is 11.3 Å². The van der Waals surface area contributed by atoms with Gasteiger partial charge in [-0.05, 0) is 30.7 Å². The van der Waals surface area contributed by atoms with E-state index in [2.05, 4.69) is 5.32 Å². The number of hydrogen-bond acceptors (Lipinski definition) is 4. The smallest absolute Gasteiger partial charge is 0.273 e. The van der Waals surface area contributed by atoms with Crippen molar-refractivity contribution in [1.29, 1.82) is 0 Å². The van der Waals surface area contributed by atoms with E-state index in [0.29, 0.717) is 17.3 Å². The Hall–Kier alpha value is -1.53. The van der Waals surface area contributed by atoms with Crippen LogP contribution in [0.1, 0.15) is 11.8 Å². The number of anilines is 2. The van der Waals surface area contributed by atoms with Gasteiger partial charge in [0.05, 0.1) is 17.9 Å². The monoisotopic (exact) mass is 308 g/mol. The lowest BCUT2D eigenvalue weighted by molar-refractivity contribution is 0.592. The molecule has 0 saturated heterocycles. The summed E-state index contributed by atoms with van der Waals surface area (Å²) < 4.78 is 27.5. The van der Waals surface area contributed by atoms with Crippen LogP contribution in [0.5, 0.6) is 0 Å². The molecule has 1 aromatic carbocycles. The van der Waals surface area contributed by atoms with E-state index in [1.807, 2.05) is 37.3 Å². The lowest BCUT2D eigenvalue weighted by atomic mass is 10.2. The van der Waals surface area contributed by atoms with Gasteiger partial charge >= 0.3 is 0 Å². The molecule has 106 valence electrons. The predicted molar refractivity (Wildman–Crippen MR) is 83.2 cm³/mol. The van der Waals surface area contributed by atoms with Gasteiger partial charge in [-0.3, -0.25) is 4.31 Å². The minimum absolute atomic E-state index is 0.422. The van der Waals surface area contributed by atoms with Gasteiger partial charge in [0.15, 0.2) is 0 Å². The highest BCUT2D eigenvalue weighted by atomic mass is 32.2. The van der Waals surface area contributed by atoms with Crippen LogP contribution in [0, 0.1) is 0 Å². The Morgan fingerprint density at radius 2 is 2.05 bits per heavy atom. The number of rotatable bonds is 3. The van der Waals surface area contributed by atoms with Gasteiger partial charge in [-0.1, -0.05) is 19.1 Å². The molecule has 0 fully saturated rings. The fourth-order valence-electron chi connectivity index (χ4n) is 2.30. The van der Waals surface area contributed by atoms with Crippen LogP contribution in [0.25, 0.3) is 0 Å². The topological polar surface area (TPSA) is 49.4 Å². The molecule has 0 radical (unpaired) electrons. The Kier molecular flexibility index (Phi) is 3.43. The first kappa shape index (κ1) is 13.5. The van der Waals surface area contributed by atoms with E-state index in [4.69, 9.17) is 0 Å². The SMILES string of the molecule is CCc1ccc(S(=O)(=O)N2CCNc3ccccc32)s1. The Labute approximate surface area is 123 Å². The summed E-state index contributed by atoms with van der Waals surface area (Å²) in [6.07, 6.45) is 0.859. The van der Waals surface area contributed by atoms with Crippen LogP contribution in [-0.2, 0) is 16.4 Å². The molecule has 1 aromatic heterocycles. The van der Waals surface area contributed by atoms with Gasteiger partial charge in [0.25, 0.3) is 10.0 Å². The first-order valence-electron chi connectivity index (χ1n) is 6.57. The van der Waals surface area contributed by atoms with Crippen molar-refractivity contribution >= 4 is 32.7 Å². The number of nitrogens with zero attached hydrogens (tertiary/aromatic N) is 1. The molecule has 0 spiro atoms. The predicted octanol–water partition coefficient (Wildman–Crippen LogP) is 2.93. The zero-order valence-electron chi connectivity index (χ0n) is 11.2. The van der Waals surface area contributed by atoms with Crippen molar-refractivity contribution in [3.05, 3.63) is 41.3 Å². The highest BCUT2D eigenvalue weighted by Crippen LogP contribution is 2.34. The minimum atomic E-state index is -3.45. The fraction of sp³-hybridized carbons (Fsp3) is 0.286. The Balaban J connectivity index is 2.04. The maximum Gasteiger partial charge on any atom is 0.273 e. The number of thiophene rings is 1. The second-order valence-corrected chi connectivity index (χ2v) is 7.85. The van der Waals surface area contributed by atoms with E-state index in [0.717, 1.165) is 22.7 Å². The molecular weight excluding hydrogens is 292 g/mol. The van der Waals surface area contributed by atoms with Crippen LogP contribution in [0.3, 0.4) is 0 Å². The Morgan fingerprint density at radius 1 is 1.25 bits per heavy atom. The van der Waals surface area contributed by atoms with Gasteiger partial charge in [-0.25, -0.2) is 8.42 Å². The molecule has 2 heterocycles. The van der Waals surface area contributed by atoms with E-state index in [1.54, 1.807) is 6.07 Å². The summed E-state index contributed by atoms with van der Waals surface area (Å²) in [4.78, 5) is 1.09. The molecule has 1 aliphatic heterocycles. The average molecular weight is 308 g/mol. The minimum Gasteiger partial charge on any atom is -0.382 e. The molecule has 0 aliphatic carbocycles. The molecule has 3 rings (SSSR count). The summed E-state index contributed by atoms with van der Waals surface area (Å²) in [5.74, 6) is 0.